The number of phenols is 1. The molecule has 2 fully saturated rings. The summed E-state index contributed by atoms with van der Waals surface area (Å²) >= 11 is 1.58. The lowest BCUT2D eigenvalue weighted by molar-refractivity contribution is -0.147. The van der Waals surface area contributed by atoms with Crippen LogP contribution in [-0.2, 0) is 19.1 Å². The standard InChI is InChI=1S/C44H51N9O7S/c1-25(2)40(44(57)53-23-32(59-28(5)54)18-36(53)43(56)47-26(3)29-10-12-30(13-11-29)41-27(4)46-24-61-41)38-20-39(50-60-38)58-17-16-51-14-15-52-31(22-51)21-45-42-35(52)19-34(48-49-42)33-8-6-7-9-37(33)55/h6-13,19-20,24-26,31-32,36,40,55H,14-18,21-23H2,1-5H3,(H,45,49)(H,47,56)/t26-,31?,32+,36-,40+/m0/s1. The Morgan fingerprint density at radius 3 is 2.59 bits per heavy atom. The lowest BCUT2D eigenvalue weighted by Gasteiger charge is -2.45. The predicted octanol–water partition coefficient (Wildman–Crippen LogP) is 5.41. The molecule has 0 aliphatic carbocycles. The van der Waals surface area contributed by atoms with Gasteiger partial charge in [0.2, 0.25) is 11.8 Å². The number of ether oxygens (including phenoxy) is 2. The second-order valence-corrected chi connectivity index (χ2v) is 17.1. The Morgan fingerprint density at radius 2 is 1.85 bits per heavy atom. The van der Waals surface area contributed by atoms with Gasteiger partial charge in [-0.1, -0.05) is 50.2 Å². The molecule has 3 aliphatic heterocycles. The number of hydrogen-bond donors (Lipinski definition) is 3. The van der Waals surface area contributed by atoms with Gasteiger partial charge in [-0.3, -0.25) is 19.3 Å². The minimum atomic E-state index is -0.862. The monoisotopic (exact) mass is 849 g/mol. The van der Waals surface area contributed by atoms with Gasteiger partial charge in [-0.05, 0) is 54.2 Å². The summed E-state index contributed by atoms with van der Waals surface area (Å²) in [5.74, 6) is -0.597. The molecule has 0 saturated carbocycles. The van der Waals surface area contributed by atoms with Crippen LogP contribution in [-0.4, -0.2) is 117 Å². The highest BCUT2D eigenvalue weighted by molar-refractivity contribution is 7.13. The van der Waals surface area contributed by atoms with E-state index in [0.29, 0.717) is 36.7 Å². The molecular formula is C44H51N9O7S. The van der Waals surface area contributed by atoms with E-state index in [2.05, 4.69) is 40.8 Å². The summed E-state index contributed by atoms with van der Waals surface area (Å²) in [6, 6.07) is 17.7. The van der Waals surface area contributed by atoms with Crippen LogP contribution < -0.4 is 20.3 Å². The van der Waals surface area contributed by atoms with Gasteiger partial charge in [-0.2, -0.15) is 0 Å². The first kappa shape index (κ1) is 41.7. The average Bonchev–Trinajstić information content (AvgIpc) is 4.01. The molecular weight excluding hydrogens is 799 g/mol. The molecule has 0 radical (unpaired) electrons. The summed E-state index contributed by atoms with van der Waals surface area (Å²) in [5, 5.41) is 29.8. The summed E-state index contributed by atoms with van der Waals surface area (Å²) in [5.41, 5.74) is 6.98. The SMILES string of the molecule is CC(=O)O[C@@H]1C[C@@H](C(=O)N[C@@H](C)c2ccc(-c3scnc3C)cc2)N(C(=O)[C@@H](c2cc(OCCN3CCN4c5cc(-c6ccccc6O)nnc5NCC4C3)no2)C(C)C)C1. The number of fused-ring (bicyclic) bond motifs is 3. The van der Waals surface area contributed by atoms with Crippen LogP contribution in [0, 0.1) is 12.8 Å². The summed E-state index contributed by atoms with van der Waals surface area (Å²) < 4.78 is 17.4. The van der Waals surface area contributed by atoms with Gasteiger partial charge in [0.15, 0.2) is 11.6 Å². The van der Waals surface area contributed by atoms with Crippen LogP contribution in [0.15, 0.2) is 70.7 Å². The Labute approximate surface area is 358 Å². The van der Waals surface area contributed by atoms with Gasteiger partial charge in [0, 0.05) is 57.7 Å². The van der Waals surface area contributed by atoms with Crippen molar-refractivity contribution in [3.63, 3.8) is 0 Å². The number of nitrogens with one attached hydrogen (secondary N) is 2. The molecule has 61 heavy (non-hydrogen) atoms. The number of nitrogens with zero attached hydrogens (tertiary/aromatic N) is 7. The molecule has 3 aliphatic rings. The number of benzene rings is 2. The van der Waals surface area contributed by atoms with Crippen molar-refractivity contribution < 1.29 is 33.5 Å². The Bertz CT molecular complexity index is 2370. The van der Waals surface area contributed by atoms with Crippen LogP contribution in [0.25, 0.3) is 21.7 Å². The molecule has 16 nitrogen and oxygen atoms in total. The molecule has 2 amide bonds. The number of likely N-dealkylation sites (tertiary alicyclic amines) is 1. The number of carbonyl (C=O) groups is 3. The van der Waals surface area contributed by atoms with E-state index in [1.165, 1.54) is 11.8 Å². The predicted molar refractivity (Wildman–Crippen MR) is 229 cm³/mol. The first-order chi connectivity index (χ1) is 29.4. The van der Waals surface area contributed by atoms with Gasteiger partial charge in [-0.15, -0.1) is 21.5 Å². The smallest absolute Gasteiger partial charge is 0.302 e. The van der Waals surface area contributed by atoms with Crippen LogP contribution in [0.4, 0.5) is 11.5 Å². The number of esters is 1. The zero-order chi connectivity index (χ0) is 42.8. The summed E-state index contributed by atoms with van der Waals surface area (Å²) in [7, 11) is 0. The van der Waals surface area contributed by atoms with Crippen molar-refractivity contribution in [2.75, 3.05) is 56.1 Å². The highest BCUT2D eigenvalue weighted by Gasteiger charge is 2.45. The molecule has 3 aromatic heterocycles. The average molecular weight is 850 g/mol. The number of aromatic nitrogens is 4. The lowest BCUT2D eigenvalue weighted by Crippen LogP contribution is -2.58. The maximum atomic E-state index is 14.4. The van der Waals surface area contributed by atoms with Gasteiger partial charge in [0.25, 0.3) is 5.88 Å². The third kappa shape index (κ3) is 9.03. The van der Waals surface area contributed by atoms with Crippen molar-refractivity contribution in [2.24, 2.45) is 5.92 Å². The molecule has 3 N–H and O–H groups in total. The number of hydrogen-bond acceptors (Lipinski definition) is 15. The fourth-order valence-electron chi connectivity index (χ4n) is 8.56. The molecule has 320 valence electrons. The Balaban J connectivity index is 0.881. The third-order valence-corrected chi connectivity index (χ3v) is 12.7. The summed E-state index contributed by atoms with van der Waals surface area (Å²) in [4.78, 5) is 52.0. The lowest BCUT2D eigenvalue weighted by atomic mass is 9.91. The van der Waals surface area contributed by atoms with Gasteiger partial charge < -0.3 is 39.5 Å². The Morgan fingerprint density at radius 1 is 1.05 bits per heavy atom. The van der Waals surface area contributed by atoms with Crippen molar-refractivity contribution in [3.05, 3.63) is 83.2 Å². The van der Waals surface area contributed by atoms with Crippen molar-refractivity contribution in [3.8, 4) is 33.3 Å². The van der Waals surface area contributed by atoms with Crippen LogP contribution in [0.1, 0.15) is 63.1 Å². The van der Waals surface area contributed by atoms with Crippen LogP contribution >= 0.6 is 11.3 Å². The van der Waals surface area contributed by atoms with Gasteiger partial charge >= 0.3 is 5.97 Å². The second kappa shape index (κ2) is 17.9. The summed E-state index contributed by atoms with van der Waals surface area (Å²) in [6.07, 6.45) is -0.458. The number of amides is 2. The topological polar surface area (TPSA) is 188 Å². The zero-order valence-corrected chi connectivity index (χ0v) is 35.7. The van der Waals surface area contributed by atoms with Gasteiger partial charge in [0.05, 0.1) is 46.1 Å². The van der Waals surface area contributed by atoms with E-state index in [9.17, 15) is 19.5 Å². The fraction of sp³-hybridized carbons (Fsp3) is 0.432. The van der Waals surface area contributed by atoms with Gasteiger partial charge in [-0.25, -0.2) is 4.98 Å². The van der Waals surface area contributed by atoms with Crippen LogP contribution in [0.3, 0.4) is 0 Å². The fourth-order valence-corrected chi connectivity index (χ4v) is 9.37. The van der Waals surface area contributed by atoms with E-state index < -0.39 is 24.0 Å². The Hall–Kier alpha value is -6.07. The molecule has 1 unspecified atom stereocenters. The molecule has 6 heterocycles. The number of rotatable bonds is 13. The molecule has 17 heteroatoms. The molecule has 0 bridgehead atoms. The van der Waals surface area contributed by atoms with Crippen molar-refractivity contribution >= 4 is 40.6 Å². The number of carbonyl (C=O) groups excluding carboxylic acids is 3. The van der Waals surface area contributed by atoms with E-state index >= 15 is 0 Å². The van der Waals surface area contributed by atoms with Crippen molar-refractivity contribution in [2.45, 2.75) is 71.2 Å². The quantitative estimate of drug-likeness (QED) is 0.128. The maximum Gasteiger partial charge on any atom is 0.302 e. The normalized spacial score (nSPS) is 19.7. The molecule has 2 saturated heterocycles. The third-order valence-electron chi connectivity index (χ3n) is 11.7. The molecule has 5 atom stereocenters. The van der Waals surface area contributed by atoms with Crippen LogP contribution in [0.5, 0.6) is 11.6 Å². The zero-order valence-electron chi connectivity index (χ0n) is 34.9. The highest BCUT2D eigenvalue weighted by atomic mass is 32.1. The second-order valence-electron chi connectivity index (χ2n) is 16.2. The first-order valence-electron chi connectivity index (χ1n) is 20.7. The minimum absolute atomic E-state index is 0.0784. The molecule has 8 rings (SSSR count). The number of para-hydroxylation sites is 1. The van der Waals surface area contributed by atoms with Crippen molar-refractivity contribution in [1.29, 1.82) is 0 Å². The van der Waals surface area contributed by atoms with E-state index in [-0.39, 0.29) is 54.4 Å². The number of aryl methyl sites for hydroxylation is 1. The van der Waals surface area contributed by atoms with E-state index in [1.807, 2.05) is 75.7 Å². The number of aromatic hydroxyl groups is 1. The van der Waals surface area contributed by atoms with E-state index in [4.69, 9.17) is 14.0 Å². The summed E-state index contributed by atoms with van der Waals surface area (Å²) in [6.45, 7) is 13.2. The highest BCUT2D eigenvalue weighted by Crippen LogP contribution is 2.37. The van der Waals surface area contributed by atoms with Crippen LogP contribution in [0.2, 0.25) is 0 Å². The molecule has 0 spiro atoms. The Kier molecular flexibility index (Phi) is 12.2. The van der Waals surface area contributed by atoms with Crippen molar-refractivity contribution in [1.82, 2.24) is 35.5 Å². The number of piperazine rings is 1. The number of phenolic OH excluding ortho intramolecular Hbond substituents is 1. The molecule has 5 aromatic rings. The number of anilines is 2. The first-order valence-corrected chi connectivity index (χ1v) is 21.6. The van der Waals surface area contributed by atoms with E-state index in [0.717, 1.165) is 52.8 Å². The van der Waals surface area contributed by atoms with Gasteiger partial charge in [0.1, 0.15) is 30.4 Å². The maximum absolute atomic E-state index is 14.4. The molecule has 2 aromatic carbocycles. The minimum Gasteiger partial charge on any atom is -0.507 e. The van der Waals surface area contributed by atoms with E-state index in [1.54, 1.807) is 29.5 Å². The number of thiazole rings is 1. The largest absolute Gasteiger partial charge is 0.507 e.